The predicted octanol–water partition coefficient (Wildman–Crippen LogP) is 1.52. The second-order valence-electron chi connectivity index (χ2n) is 3.24. The van der Waals surface area contributed by atoms with Crippen molar-refractivity contribution in [3.63, 3.8) is 0 Å². The molecule has 1 aromatic carbocycles. The number of anilines is 2. The predicted molar refractivity (Wildman–Crippen MR) is 63.3 cm³/mol. The van der Waals surface area contributed by atoms with E-state index in [1.807, 2.05) is 0 Å². The molecule has 7 heteroatoms. The summed E-state index contributed by atoms with van der Waals surface area (Å²) in [5.41, 5.74) is 0.517. The topological polar surface area (TPSA) is 84.2 Å². The van der Waals surface area contributed by atoms with Crippen molar-refractivity contribution in [3.8, 4) is 0 Å². The number of nitrogens with one attached hydrogen (secondary N) is 2. The number of para-hydroxylation sites is 1. The monoisotopic (exact) mass is 253 g/mol. The molecule has 0 fully saturated rings. The molecular formula is C10H11N3O3S. The van der Waals surface area contributed by atoms with Gasteiger partial charge in [0.05, 0.1) is 5.69 Å². The van der Waals surface area contributed by atoms with Gasteiger partial charge >= 0.3 is 0 Å². The largest absolute Gasteiger partial charge is 0.387 e. The maximum absolute atomic E-state index is 12.0. The number of sulfonamides is 1. The van der Waals surface area contributed by atoms with Crippen molar-refractivity contribution in [2.75, 3.05) is 17.1 Å². The maximum Gasteiger partial charge on any atom is 0.265 e. The lowest BCUT2D eigenvalue weighted by atomic mass is 10.3. The van der Waals surface area contributed by atoms with Gasteiger partial charge < -0.3 is 9.84 Å². The first-order valence-electron chi connectivity index (χ1n) is 4.83. The number of nitrogens with zero attached hydrogens (tertiary/aromatic N) is 1. The summed E-state index contributed by atoms with van der Waals surface area (Å²) in [5.74, 6) is 0.149. The first-order chi connectivity index (χ1) is 8.13. The van der Waals surface area contributed by atoms with Gasteiger partial charge in [-0.15, -0.1) is 0 Å². The molecule has 0 saturated carbocycles. The molecule has 1 heterocycles. The molecule has 2 N–H and O–H groups in total. The first kappa shape index (κ1) is 11.5. The third kappa shape index (κ3) is 2.39. The van der Waals surface area contributed by atoms with Gasteiger partial charge in [0.2, 0.25) is 0 Å². The molecule has 1 aromatic heterocycles. The van der Waals surface area contributed by atoms with E-state index in [-0.39, 0.29) is 10.7 Å². The SMILES string of the molecule is CNc1ccccc1S(=O)(=O)Nc1ccon1. The minimum Gasteiger partial charge on any atom is -0.387 e. The van der Waals surface area contributed by atoms with E-state index >= 15 is 0 Å². The lowest BCUT2D eigenvalue weighted by Gasteiger charge is -2.09. The van der Waals surface area contributed by atoms with Crippen LogP contribution in [-0.2, 0) is 10.0 Å². The summed E-state index contributed by atoms with van der Waals surface area (Å²) in [7, 11) is -2.00. The summed E-state index contributed by atoms with van der Waals surface area (Å²) in [4.78, 5) is 0.158. The third-order valence-electron chi connectivity index (χ3n) is 2.12. The Kier molecular flexibility index (Phi) is 3.01. The molecular weight excluding hydrogens is 242 g/mol. The van der Waals surface area contributed by atoms with E-state index in [2.05, 4.69) is 19.7 Å². The molecule has 0 aliphatic heterocycles. The number of rotatable bonds is 4. The Morgan fingerprint density at radius 2 is 2.00 bits per heavy atom. The van der Waals surface area contributed by atoms with Gasteiger partial charge in [-0.3, -0.25) is 4.72 Å². The van der Waals surface area contributed by atoms with Crippen molar-refractivity contribution in [1.29, 1.82) is 0 Å². The summed E-state index contributed by atoms with van der Waals surface area (Å²) in [6, 6.07) is 8.02. The molecule has 0 unspecified atom stereocenters. The standard InChI is InChI=1S/C10H11N3O3S/c1-11-8-4-2-3-5-9(8)17(14,15)13-10-6-7-16-12-10/h2-7,11H,1H3,(H,12,13). The van der Waals surface area contributed by atoms with E-state index in [9.17, 15) is 8.42 Å². The number of aromatic nitrogens is 1. The van der Waals surface area contributed by atoms with E-state index in [0.29, 0.717) is 5.69 Å². The molecule has 0 bridgehead atoms. The van der Waals surface area contributed by atoms with Crippen LogP contribution in [0.5, 0.6) is 0 Å². The highest BCUT2D eigenvalue weighted by molar-refractivity contribution is 7.92. The van der Waals surface area contributed by atoms with Gasteiger partial charge in [-0.1, -0.05) is 17.3 Å². The Labute approximate surface area is 98.7 Å². The van der Waals surface area contributed by atoms with Crippen LogP contribution in [0, 0.1) is 0 Å². The maximum atomic E-state index is 12.0. The van der Waals surface area contributed by atoms with E-state index in [1.54, 1.807) is 25.2 Å². The summed E-state index contributed by atoms with van der Waals surface area (Å²) in [6.45, 7) is 0. The van der Waals surface area contributed by atoms with Gasteiger partial charge in [0.1, 0.15) is 11.2 Å². The Hall–Kier alpha value is -2.02. The second kappa shape index (κ2) is 4.46. The molecule has 2 aromatic rings. The van der Waals surface area contributed by atoms with Crippen molar-refractivity contribution in [2.24, 2.45) is 0 Å². The zero-order chi connectivity index (χ0) is 12.3. The molecule has 0 amide bonds. The van der Waals surface area contributed by atoms with Crippen LogP contribution < -0.4 is 10.0 Å². The van der Waals surface area contributed by atoms with Gasteiger partial charge in [-0.05, 0) is 12.1 Å². The highest BCUT2D eigenvalue weighted by Crippen LogP contribution is 2.22. The Morgan fingerprint density at radius 3 is 2.65 bits per heavy atom. The lowest BCUT2D eigenvalue weighted by molar-refractivity contribution is 0.423. The van der Waals surface area contributed by atoms with Crippen LogP contribution in [-0.4, -0.2) is 20.6 Å². The lowest BCUT2D eigenvalue weighted by Crippen LogP contribution is -2.14. The zero-order valence-electron chi connectivity index (χ0n) is 9.04. The van der Waals surface area contributed by atoms with Gasteiger partial charge in [-0.25, -0.2) is 8.42 Å². The Morgan fingerprint density at radius 1 is 1.24 bits per heavy atom. The Bertz CT molecular complexity index is 593. The van der Waals surface area contributed by atoms with Crippen molar-refractivity contribution in [2.45, 2.75) is 4.90 Å². The van der Waals surface area contributed by atoms with E-state index in [0.717, 1.165) is 0 Å². The highest BCUT2D eigenvalue weighted by atomic mass is 32.2. The molecule has 0 saturated heterocycles. The highest BCUT2D eigenvalue weighted by Gasteiger charge is 2.18. The molecule has 6 nitrogen and oxygen atoms in total. The van der Waals surface area contributed by atoms with Crippen molar-refractivity contribution in [3.05, 3.63) is 36.6 Å². The van der Waals surface area contributed by atoms with Crippen LogP contribution in [0.2, 0.25) is 0 Å². The normalized spacial score (nSPS) is 11.1. The number of benzene rings is 1. The van der Waals surface area contributed by atoms with E-state index in [1.165, 1.54) is 18.4 Å². The quantitative estimate of drug-likeness (QED) is 0.863. The smallest absolute Gasteiger partial charge is 0.265 e. The fourth-order valence-electron chi connectivity index (χ4n) is 1.37. The molecule has 0 aliphatic rings. The summed E-state index contributed by atoms with van der Waals surface area (Å²) >= 11 is 0. The molecule has 0 radical (unpaired) electrons. The molecule has 0 spiro atoms. The fraction of sp³-hybridized carbons (Fsp3) is 0.100. The van der Waals surface area contributed by atoms with Crippen LogP contribution in [0.1, 0.15) is 0 Å². The summed E-state index contributed by atoms with van der Waals surface area (Å²) < 4.78 is 31.0. The molecule has 2 rings (SSSR count). The zero-order valence-corrected chi connectivity index (χ0v) is 9.86. The van der Waals surface area contributed by atoms with Crippen LogP contribution >= 0.6 is 0 Å². The van der Waals surface area contributed by atoms with Crippen molar-refractivity contribution < 1.29 is 12.9 Å². The van der Waals surface area contributed by atoms with E-state index in [4.69, 9.17) is 0 Å². The number of hydrogen-bond donors (Lipinski definition) is 2. The van der Waals surface area contributed by atoms with E-state index < -0.39 is 10.0 Å². The third-order valence-corrected chi connectivity index (χ3v) is 3.54. The average molecular weight is 253 g/mol. The minimum atomic E-state index is -3.66. The first-order valence-corrected chi connectivity index (χ1v) is 6.32. The van der Waals surface area contributed by atoms with Gasteiger partial charge in [0.15, 0.2) is 5.82 Å². The van der Waals surface area contributed by atoms with Gasteiger partial charge in [0, 0.05) is 13.1 Å². The van der Waals surface area contributed by atoms with Crippen LogP contribution in [0.15, 0.2) is 46.0 Å². The van der Waals surface area contributed by atoms with Crippen molar-refractivity contribution >= 4 is 21.5 Å². The Balaban J connectivity index is 2.38. The van der Waals surface area contributed by atoms with Crippen molar-refractivity contribution in [1.82, 2.24) is 5.16 Å². The molecule has 0 aliphatic carbocycles. The van der Waals surface area contributed by atoms with Crippen LogP contribution in [0.3, 0.4) is 0 Å². The second-order valence-corrected chi connectivity index (χ2v) is 4.89. The fourth-order valence-corrected chi connectivity index (χ4v) is 2.57. The summed E-state index contributed by atoms with van der Waals surface area (Å²) in [5, 5.41) is 6.32. The molecule has 17 heavy (non-hydrogen) atoms. The van der Waals surface area contributed by atoms with Gasteiger partial charge in [0.25, 0.3) is 10.0 Å². The van der Waals surface area contributed by atoms with Gasteiger partial charge in [-0.2, -0.15) is 0 Å². The number of hydrogen-bond acceptors (Lipinski definition) is 5. The van der Waals surface area contributed by atoms with Crippen LogP contribution in [0.25, 0.3) is 0 Å². The molecule has 0 atom stereocenters. The molecule has 90 valence electrons. The van der Waals surface area contributed by atoms with Crippen LogP contribution in [0.4, 0.5) is 11.5 Å². The summed E-state index contributed by atoms with van der Waals surface area (Å²) in [6.07, 6.45) is 1.29. The minimum absolute atomic E-state index is 0.149. The average Bonchev–Trinajstić information content (AvgIpc) is 2.81.